The number of aromatic nitrogens is 4. The van der Waals surface area contributed by atoms with Gasteiger partial charge in [0.25, 0.3) is 0 Å². The quantitative estimate of drug-likeness (QED) is 0.659. The normalized spacial score (nSPS) is 22.1. The van der Waals surface area contributed by atoms with Gasteiger partial charge in [-0.05, 0) is 54.0 Å². The topological polar surface area (TPSA) is 83.9 Å². The zero-order valence-corrected chi connectivity index (χ0v) is 17.5. The van der Waals surface area contributed by atoms with Crippen LogP contribution in [0.3, 0.4) is 0 Å². The molecule has 164 valence electrons. The third kappa shape index (κ3) is 4.02. The van der Waals surface area contributed by atoms with E-state index in [9.17, 15) is 13.6 Å². The summed E-state index contributed by atoms with van der Waals surface area (Å²) in [6.45, 7) is 2.62. The van der Waals surface area contributed by atoms with E-state index in [0.717, 1.165) is 17.5 Å². The number of carbonyl (C=O) groups is 1. The highest BCUT2D eigenvalue weighted by Gasteiger charge is 2.41. The summed E-state index contributed by atoms with van der Waals surface area (Å²) in [5.74, 6) is -0.640. The molecule has 1 aromatic carbocycles. The molecule has 1 aliphatic heterocycles. The summed E-state index contributed by atoms with van der Waals surface area (Å²) in [7, 11) is 0. The van der Waals surface area contributed by atoms with E-state index in [2.05, 4.69) is 25.3 Å². The van der Waals surface area contributed by atoms with Gasteiger partial charge in [0, 0.05) is 50.8 Å². The number of nitrogens with one attached hydrogen (secondary N) is 1. The fourth-order valence-electron chi connectivity index (χ4n) is 4.30. The molecule has 2 unspecified atom stereocenters. The SMILES string of the molecule is CC(=O)N1CC[C@@H](Nc2cc(C3CC3c3cnc(-c4ncccn4)nc3)cc(F)c2F)C1. The first-order valence-corrected chi connectivity index (χ1v) is 10.6. The molecule has 7 nitrogen and oxygen atoms in total. The minimum atomic E-state index is -0.886. The van der Waals surface area contributed by atoms with Gasteiger partial charge in [-0.25, -0.2) is 28.7 Å². The first-order valence-electron chi connectivity index (χ1n) is 10.6. The van der Waals surface area contributed by atoms with Gasteiger partial charge in [-0.2, -0.15) is 0 Å². The molecular weight excluding hydrogens is 414 g/mol. The van der Waals surface area contributed by atoms with Crippen molar-refractivity contribution >= 4 is 11.6 Å². The molecule has 2 fully saturated rings. The van der Waals surface area contributed by atoms with Crippen LogP contribution in [0, 0.1) is 11.6 Å². The van der Waals surface area contributed by atoms with Gasteiger partial charge in [-0.1, -0.05) is 0 Å². The van der Waals surface area contributed by atoms with Crippen LogP contribution in [0.4, 0.5) is 14.5 Å². The molecule has 0 radical (unpaired) electrons. The zero-order chi connectivity index (χ0) is 22.2. The van der Waals surface area contributed by atoms with Crippen LogP contribution in [0.1, 0.15) is 42.7 Å². The van der Waals surface area contributed by atoms with Gasteiger partial charge >= 0.3 is 0 Å². The summed E-state index contributed by atoms with van der Waals surface area (Å²) in [5.41, 5.74) is 1.84. The van der Waals surface area contributed by atoms with Crippen molar-refractivity contribution in [1.29, 1.82) is 0 Å². The second-order valence-corrected chi connectivity index (χ2v) is 8.32. The second-order valence-electron chi connectivity index (χ2n) is 8.32. The van der Waals surface area contributed by atoms with E-state index < -0.39 is 11.6 Å². The number of anilines is 1. The molecule has 0 spiro atoms. The third-order valence-corrected chi connectivity index (χ3v) is 6.13. The average Bonchev–Trinajstić information content (AvgIpc) is 3.47. The van der Waals surface area contributed by atoms with Crippen molar-refractivity contribution in [1.82, 2.24) is 24.8 Å². The Morgan fingerprint density at radius 2 is 1.72 bits per heavy atom. The van der Waals surface area contributed by atoms with E-state index in [1.54, 1.807) is 41.8 Å². The fraction of sp³-hybridized carbons (Fsp3) is 0.348. The Morgan fingerprint density at radius 3 is 2.41 bits per heavy atom. The van der Waals surface area contributed by atoms with Gasteiger partial charge in [-0.3, -0.25) is 4.79 Å². The van der Waals surface area contributed by atoms with Crippen LogP contribution in [0.5, 0.6) is 0 Å². The van der Waals surface area contributed by atoms with E-state index in [4.69, 9.17) is 0 Å². The van der Waals surface area contributed by atoms with Crippen LogP contribution in [-0.2, 0) is 4.79 Å². The molecule has 3 heterocycles. The van der Waals surface area contributed by atoms with E-state index in [0.29, 0.717) is 31.2 Å². The molecule has 2 aliphatic rings. The number of benzene rings is 1. The van der Waals surface area contributed by atoms with Crippen molar-refractivity contribution < 1.29 is 13.6 Å². The van der Waals surface area contributed by atoms with Crippen molar-refractivity contribution in [2.45, 2.75) is 37.6 Å². The molecule has 3 aromatic rings. The minimum Gasteiger partial charge on any atom is -0.378 e. The predicted octanol–water partition coefficient (Wildman–Crippen LogP) is 3.52. The molecule has 32 heavy (non-hydrogen) atoms. The lowest BCUT2D eigenvalue weighted by Gasteiger charge is -2.17. The van der Waals surface area contributed by atoms with Gasteiger partial charge in [-0.15, -0.1) is 0 Å². The van der Waals surface area contributed by atoms with Crippen LogP contribution >= 0.6 is 0 Å². The van der Waals surface area contributed by atoms with Gasteiger partial charge in [0.05, 0.1) is 5.69 Å². The lowest BCUT2D eigenvalue weighted by atomic mass is 10.0. The maximum absolute atomic E-state index is 14.5. The number of hydrogen-bond acceptors (Lipinski definition) is 6. The summed E-state index contributed by atoms with van der Waals surface area (Å²) in [6.07, 6.45) is 8.28. The molecule has 1 amide bonds. The van der Waals surface area contributed by atoms with E-state index in [-0.39, 0.29) is 29.5 Å². The molecule has 5 rings (SSSR count). The van der Waals surface area contributed by atoms with Gasteiger partial charge in [0.2, 0.25) is 5.91 Å². The Bertz CT molecular complexity index is 1140. The molecule has 3 atom stereocenters. The average molecular weight is 436 g/mol. The maximum Gasteiger partial charge on any atom is 0.219 e. The van der Waals surface area contributed by atoms with Crippen molar-refractivity contribution in [3.8, 4) is 11.6 Å². The summed E-state index contributed by atoms with van der Waals surface area (Å²) in [5, 5.41) is 3.09. The molecule has 1 N–H and O–H groups in total. The largest absolute Gasteiger partial charge is 0.378 e. The monoisotopic (exact) mass is 436 g/mol. The van der Waals surface area contributed by atoms with E-state index in [1.165, 1.54) is 13.0 Å². The zero-order valence-electron chi connectivity index (χ0n) is 17.5. The predicted molar refractivity (Wildman–Crippen MR) is 114 cm³/mol. The first-order chi connectivity index (χ1) is 15.5. The van der Waals surface area contributed by atoms with Crippen LogP contribution in [0.15, 0.2) is 43.0 Å². The standard InChI is InChI=1S/C23H22F2N6O/c1-13(32)31-6-3-16(12-31)30-20-8-14(7-19(24)21(20)25)17-9-18(17)15-10-28-23(29-11-15)22-26-4-2-5-27-22/h2,4-5,7-8,10-11,16-18,30H,3,6,9,12H2,1H3/t16-,17?,18?/m1/s1. The second kappa shape index (κ2) is 8.22. The summed E-state index contributed by atoms with van der Waals surface area (Å²) >= 11 is 0. The summed E-state index contributed by atoms with van der Waals surface area (Å²) in [6, 6.07) is 4.59. The molecule has 1 saturated carbocycles. The van der Waals surface area contributed by atoms with Crippen LogP contribution < -0.4 is 5.32 Å². The van der Waals surface area contributed by atoms with Crippen molar-refractivity contribution in [3.63, 3.8) is 0 Å². The molecule has 1 saturated heterocycles. The molecule has 0 bridgehead atoms. The molecule has 9 heteroatoms. The number of carbonyl (C=O) groups excluding carboxylic acids is 1. The Hall–Kier alpha value is -3.49. The highest BCUT2D eigenvalue weighted by atomic mass is 19.2. The number of amides is 1. The van der Waals surface area contributed by atoms with Gasteiger partial charge in [0.15, 0.2) is 23.3 Å². The van der Waals surface area contributed by atoms with Crippen molar-refractivity contribution in [2.75, 3.05) is 18.4 Å². The third-order valence-electron chi connectivity index (χ3n) is 6.13. The molecule has 2 aromatic heterocycles. The van der Waals surface area contributed by atoms with E-state index >= 15 is 0 Å². The summed E-state index contributed by atoms with van der Waals surface area (Å²) in [4.78, 5) is 30.3. The van der Waals surface area contributed by atoms with Crippen LogP contribution in [0.2, 0.25) is 0 Å². The lowest BCUT2D eigenvalue weighted by Crippen LogP contribution is -2.29. The molecule has 1 aliphatic carbocycles. The molecular formula is C23H22F2N6O. The summed E-state index contributed by atoms with van der Waals surface area (Å²) < 4.78 is 28.8. The highest BCUT2D eigenvalue weighted by Crippen LogP contribution is 2.55. The van der Waals surface area contributed by atoms with Crippen LogP contribution in [-0.4, -0.2) is 49.9 Å². The Balaban J connectivity index is 1.30. The smallest absolute Gasteiger partial charge is 0.219 e. The number of halogens is 2. The van der Waals surface area contributed by atoms with Crippen molar-refractivity contribution in [3.05, 3.63) is 65.7 Å². The Kier molecular flexibility index (Phi) is 5.24. The van der Waals surface area contributed by atoms with Crippen LogP contribution in [0.25, 0.3) is 11.6 Å². The first kappa shape index (κ1) is 20.4. The van der Waals surface area contributed by atoms with Gasteiger partial charge < -0.3 is 10.2 Å². The minimum absolute atomic E-state index is 0.0115. The van der Waals surface area contributed by atoms with E-state index in [1.807, 2.05) is 0 Å². The number of likely N-dealkylation sites (tertiary alicyclic amines) is 1. The number of hydrogen-bond donors (Lipinski definition) is 1. The maximum atomic E-state index is 14.5. The number of rotatable bonds is 5. The lowest BCUT2D eigenvalue weighted by molar-refractivity contribution is -0.127. The number of nitrogens with zero attached hydrogens (tertiary/aromatic N) is 5. The van der Waals surface area contributed by atoms with Crippen molar-refractivity contribution in [2.24, 2.45) is 0 Å². The Morgan fingerprint density at radius 1 is 1.03 bits per heavy atom. The fourth-order valence-corrected chi connectivity index (χ4v) is 4.30. The van der Waals surface area contributed by atoms with Gasteiger partial charge in [0.1, 0.15) is 0 Å². The Labute approximate surface area is 183 Å². The highest BCUT2D eigenvalue weighted by molar-refractivity contribution is 5.73.